The van der Waals surface area contributed by atoms with Crippen LogP contribution in [0.4, 0.5) is 4.39 Å². The Morgan fingerprint density at radius 1 is 1.32 bits per heavy atom. The second-order valence-corrected chi connectivity index (χ2v) is 4.83. The van der Waals surface area contributed by atoms with Crippen LogP contribution in [0.1, 0.15) is 18.3 Å². The van der Waals surface area contributed by atoms with Gasteiger partial charge < -0.3 is 0 Å². The standard InChI is InChI=1S/C13H11Cl2FN2O/c1-2-12-17-11(15)6-13(19)18(12)7-8-5-9(14)3-4-10(8)16/h3-6H,2,7H2,1H3. The Labute approximate surface area is 119 Å². The van der Waals surface area contributed by atoms with Gasteiger partial charge in [0.25, 0.3) is 5.56 Å². The first-order chi connectivity index (χ1) is 9.01. The molecule has 3 nitrogen and oxygen atoms in total. The zero-order chi connectivity index (χ0) is 14.0. The molecular weight excluding hydrogens is 290 g/mol. The number of halogens is 3. The number of hydrogen-bond donors (Lipinski definition) is 0. The molecule has 0 aliphatic rings. The highest BCUT2D eigenvalue weighted by atomic mass is 35.5. The van der Waals surface area contributed by atoms with Gasteiger partial charge in [0, 0.05) is 23.1 Å². The van der Waals surface area contributed by atoms with Crippen LogP contribution in [0.3, 0.4) is 0 Å². The Morgan fingerprint density at radius 2 is 2.05 bits per heavy atom. The van der Waals surface area contributed by atoms with Crippen molar-refractivity contribution in [1.29, 1.82) is 0 Å². The molecule has 100 valence electrons. The fraction of sp³-hybridized carbons (Fsp3) is 0.231. The van der Waals surface area contributed by atoms with Crippen LogP contribution in [-0.4, -0.2) is 9.55 Å². The summed E-state index contributed by atoms with van der Waals surface area (Å²) in [6, 6.07) is 5.45. The minimum Gasteiger partial charge on any atom is -0.292 e. The molecule has 0 radical (unpaired) electrons. The first-order valence-corrected chi connectivity index (χ1v) is 6.47. The maximum atomic E-state index is 13.7. The van der Waals surface area contributed by atoms with Gasteiger partial charge in [-0.3, -0.25) is 9.36 Å². The predicted octanol–water partition coefficient (Wildman–Crippen LogP) is 3.30. The summed E-state index contributed by atoms with van der Waals surface area (Å²) in [6.07, 6.45) is 0.526. The molecule has 0 atom stereocenters. The monoisotopic (exact) mass is 300 g/mol. The molecule has 0 aliphatic heterocycles. The fourth-order valence-corrected chi connectivity index (χ4v) is 2.18. The molecule has 0 saturated heterocycles. The van der Waals surface area contributed by atoms with Crippen molar-refractivity contribution < 1.29 is 4.39 Å². The highest BCUT2D eigenvalue weighted by molar-refractivity contribution is 6.30. The van der Waals surface area contributed by atoms with Gasteiger partial charge in [-0.15, -0.1) is 0 Å². The second kappa shape index (κ2) is 5.72. The smallest absolute Gasteiger partial charge is 0.255 e. The molecule has 0 saturated carbocycles. The lowest BCUT2D eigenvalue weighted by Gasteiger charge is -2.11. The van der Waals surface area contributed by atoms with Crippen molar-refractivity contribution in [2.75, 3.05) is 0 Å². The Bertz CT molecular complexity index is 670. The van der Waals surface area contributed by atoms with Crippen LogP contribution < -0.4 is 5.56 Å². The van der Waals surface area contributed by atoms with Crippen LogP contribution in [0, 0.1) is 5.82 Å². The molecular formula is C13H11Cl2FN2O. The van der Waals surface area contributed by atoms with Gasteiger partial charge in [0.2, 0.25) is 0 Å². The lowest BCUT2D eigenvalue weighted by atomic mass is 10.2. The van der Waals surface area contributed by atoms with E-state index in [-0.39, 0.29) is 17.3 Å². The molecule has 2 rings (SSSR count). The number of aryl methyl sites for hydroxylation is 1. The van der Waals surface area contributed by atoms with E-state index in [4.69, 9.17) is 23.2 Å². The molecule has 0 unspecified atom stereocenters. The quantitative estimate of drug-likeness (QED) is 0.815. The molecule has 1 heterocycles. The van der Waals surface area contributed by atoms with Gasteiger partial charge in [-0.25, -0.2) is 9.37 Å². The first-order valence-electron chi connectivity index (χ1n) is 5.71. The van der Waals surface area contributed by atoms with Crippen LogP contribution in [0.25, 0.3) is 0 Å². The summed E-state index contributed by atoms with van der Waals surface area (Å²) in [5.74, 6) is 0.102. The Balaban J connectivity index is 2.49. The topological polar surface area (TPSA) is 34.9 Å². The summed E-state index contributed by atoms with van der Waals surface area (Å²) < 4.78 is 15.1. The molecule has 1 aromatic carbocycles. The number of nitrogens with zero attached hydrogens (tertiary/aromatic N) is 2. The molecule has 6 heteroatoms. The van der Waals surface area contributed by atoms with Gasteiger partial charge >= 0.3 is 0 Å². The zero-order valence-corrected chi connectivity index (χ0v) is 11.7. The summed E-state index contributed by atoms with van der Waals surface area (Å²) in [7, 11) is 0. The van der Waals surface area contributed by atoms with Gasteiger partial charge in [-0.1, -0.05) is 30.1 Å². The SMILES string of the molecule is CCc1nc(Cl)cc(=O)n1Cc1cc(Cl)ccc1F. The highest BCUT2D eigenvalue weighted by Gasteiger charge is 2.10. The van der Waals surface area contributed by atoms with Crippen LogP contribution in [0.5, 0.6) is 0 Å². The average Bonchev–Trinajstić information content (AvgIpc) is 2.36. The van der Waals surface area contributed by atoms with Crippen LogP contribution in [0.2, 0.25) is 10.2 Å². The molecule has 2 aromatic rings. The molecule has 0 amide bonds. The zero-order valence-electron chi connectivity index (χ0n) is 10.2. The van der Waals surface area contributed by atoms with Gasteiger partial charge in [0.15, 0.2) is 0 Å². The largest absolute Gasteiger partial charge is 0.292 e. The Kier molecular flexibility index (Phi) is 4.22. The molecule has 0 N–H and O–H groups in total. The van der Waals surface area contributed by atoms with E-state index in [9.17, 15) is 9.18 Å². The molecule has 19 heavy (non-hydrogen) atoms. The third-order valence-electron chi connectivity index (χ3n) is 2.71. The maximum absolute atomic E-state index is 13.7. The van der Waals surface area contributed by atoms with Crippen molar-refractivity contribution in [2.45, 2.75) is 19.9 Å². The van der Waals surface area contributed by atoms with E-state index in [1.807, 2.05) is 6.92 Å². The summed E-state index contributed by atoms with van der Waals surface area (Å²) in [6.45, 7) is 1.93. The van der Waals surface area contributed by atoms with E-state index in [1.165, 1.54) is 28.8 Å². The lowest BCUT2D eigenvalue weighted by Crippen LogP contribution is -2.25. The predicted molar refractivity (Wildman–Crippen MR) is 73.4 cm³/mol. The second-order valence-electron chi connectivity index (χ2n) is 4.01. The minimum absolute atomic E-state index is 0.0819. The van der Waals surface area contributed by atoms with Crippen LogP contribution >= 0.6 is 23.2 Å². The summed E-state index contributed by atoms with van der Waals surface area (Å²) in [5, 5.41) is 0.564. The number of rotatable bonds is 3. The molecule has 1 aromatic heterocycles. The molecule has 0 fully saturated rings. The van der Waals surface area contributed by atoms with E-state index >= 15 is 0 Å². The van der Waals surface area contributed by atoms with Gasteiger partial charge in [-0.05, 0) is 18.2 Å². The maximum Gasteiger partial charge on any atom is 0.255 e. The molecule has 0 aliphatic carbocycles. The van der Waals surface area contributed by atoms with Crippen molar-refractivity contribution >= 4 is 23.2 Å². The third kappa shape index (κ3) is 3.14. The lowest BCUT2D eigenvalue weighted by molar-refractivity contribution is 0.585. The average molecular weight is 301 g/mol. The van der Waals surface area contributed by atoms with Crippen molar-refractivity contribution in [3.63, 3.8) is 0 Å². The van der Waals surface area contributed by atoms with Gasteiger partial charge in [0.05, 0.1) is 6.54 Å². The molecule has 0 bridgehead atoms. The number of benzene rings is 1. The van der Waals surface area contributed by atoms with E-state index in [0.29, 0.717) is 22.8 Å². The summed E-state index contributed by atoms with van der Waals surface area (Å²) >= 11 is 11.6. The highest BCUT2D eigenvalue weighted by Crippen LogP contribution is 2.16. The first kappa shape index (κ1) is 14.0. The summed E-state index contributed by atoms with van der Waals surface area (Å²) in [4.78, 5) is 16.0. The van der Waals surface area contributed by atoms with Gasteiger partial charge in [-0.2, -0.15) is 0 Å². The van der Waals surface area contributed by atoms with Crippen LogP contribution in [-0.2, 0) is 13.0 Å². The van der Waals surface area contributed by atoms with Crippen molar-refractivity contribution in [3.05, 3.63) is 62.0 Å². The van der Waals surface area contributed by atoms with Crippen LogP contribution in [0.15, 0.2) is 29.1 Å². The van der Waals surface area contributed by atoms with Crippen molar-refractivity contribution in [2.24, 2.45) is 0 Å². The number of aromatic nitrogens is 2. The van der Waals surface area contributed by atoms with Gasteiger partial charge in [0.1, 0.15) is 16.8 Å². The van der Waals surface area contributed by atoms with E-state index in [0.717, 1.165) is 0 Å². The van der Waals surface area contributed by atoms with Crippen molar-refractivity contribution in [1.82, 2.24) is 9.55 Å². The third-order valence-corrected chi connectivity index (χ3v) is 3.14. The number of hydrogen-bond acceptors (Lipinski definition) is 2. The van der Waals surface area contributed by atoms with E-state index in [1.54, 1.807) is 0 Å². The normalized spacial score (nSPS) is 10.7. The Morgan fingerprint density at radius 3 is 2.74 bits per heavy atom. The fourth-order valence-electron chi connectivity index (χ4n) is 1.80. The van der Waals surface area contributed by atoms with E-state index in [2.05, 4.69) is 4.98 Å². The van der Waals surface area contributed by atoms with E-state index < -0.39 is 5.82 Å². The van der Waals surface area contributed by atoms with Crippen molar-refractivity contribution in [3.8, 4) is 0 Å². The minimum atomic E-state index is -0.409. The molecule has 0 spiro atoms. The summed E-state index contributed by atoms with van der Waals surface area (Å²) in [5.41, 5.74) is 0.0321. The Hall–Kier alpha value is -1.39.